The van der Waals surface area contributed by atoms with Crippen molar-refractivity contribution in [3.05, 3.63) is 89.0 Å². The van der Waals surface area contributed by atoms with Gasteiger partial charge in [-0.2, -0.15) is 0 Å². The molecule has 7 heteroatoms. The molecule has 0 saturated carbocycles. The number of carbonyl (C=O) groups is 1. The van der Waals surface area contributed by atoms with Crippen molar-refractivity contribution in [1.29, 1.82) is 0 Å². The zero-order valence-corrected chi connectivity index (χ0v) is 28.8. The molecule has 246 valence electrons. The minimum absolute atomic E-state index is 0.140. The predicted molar refractivity (Wildman–Crippen MR) is 185 cm³/mol. The molecule has 3 rings (SSSR count). The van der Waals surface area contributed by atoms with Crippen LogP contribution in [0, 0.1) is 0 Å². The smallest absolute Gasteiger partial charge is 0.306 e. The monoisotopic (exact) mass is 636 g/mol. The molecule has 3 aromatic rings. The van der Waals surface area contributed by atoms with Crippen molar-refractivity contribution < 1.29 is 28.8 Å². The van der Waals surface area contributed by atoms with Gasteiger partial charge in [0.15, 0.2) is 0 Å². The highest BCUT2D eigenvalue weighted by Gasteiger charge is 2.37. The fourth-order valence-electron chi connectivity index (χ4n) is 5.54. The molecule has 6 nitrogen and oxygen atoms in total. The first-order valence-corrected chi connectivity index (χ1v) is 17.1. The number of methoxy groups -OCH3 is 3. The van der Waals surface area contributed by atoms with Crippen molar-refractivity contribution in [3.8, 4) is 17.2 Å². The Kier molecular flexibility index (Phi) is 14.6. The number of aliphatic hydroxyl groups is 1. The minimum atomic E-state index is -0.493. The van der Waals surface area contributed by atoms with Crippen LogP contribution in [0.2, 0.25) is 0 Å². The third kappa shape index (κ3) is 10.7. The van der Waals surface area contributed by atoms with Gasteiger partial charge in [0.2, 0.25) is 0 Å². The minimum Gasteiger partial charge on any atom is -0.497 e. The van der Waals surface area contributed by atoms with E-state index in [1.807, 2.05) is 56.8 Å². The summed E-state index contributed by atoms with van der Waals surface area (Å²) in [5.41, 5.74) is 4.22. The first-order chi connectivity index (χ1) is 21.7. The molecule has 3 aromatic carbocycles. The second-order valence-corrected chi connectivity index (χ2v) is 13.6. The average Bonchev–Trinajstić information content (AvgIpc) is 3.04. The van der Waals surface area contributed by atoms with Gasteiger partial charge in [-0.25, -0.2) is 0 Å². The van der Waals surface area contributed by atoms with Gasteiger partial charge in [-0.05, 0) is 111 Å². The zero-order chi connectivity index (χ0) is 32.7. The van der Waals surface area contributed by atoms with E-state index in [9.17, 15) is 9.90 Å². The Labute approximate surface area is 274 Å². The van der Waals surface area contributed by atoms with Crippen LogP contribution in [0.5, 0.6) is 17.2 Å². The molecule has 0 aliphatic heterocycles. The van der Waals surface area contributed by atoms with Gasteiger partial charge in [-0.1, -0.05) is 55.7 Å². The Balaban J connectivity index is 1.98. The average molecular weight is 637 g/mol. The normalized spacial score (nSPS) is 11.7. The van der Waals surface area contributed by atoms with Crippen LogP contribution >= 0.6 is 11.8 Å². The number of esters is 1. The maximum Gasteiger partial charge on any atom is 0.306 e. The number of rotatable bonds is 19. The summed E-state index contributed by atoms with van der Waals surface area (Å²) in [6.07, 6.45) is 7.94. The van der Waals surface area contributed by atoms with Gasteiger partial charge in [0.1, 0.15) is 22.8 Å². The summed E-state index contributed by atoms with van der Waals surface area (Å²) in [5, 5.41) is 9.25. The lowest BCUT2D eigenvalue weighted by atomic mass is 9.82. The Morgan fingerprint density at radius 1 is 0.689 bits per heavy atom. The number of aliphatic hydroxyl groups excluding tert-OH is 1. The van der Waals surface area contributed by atoms with Gasteiger partial charge in [0.05, 0.1) is 26.1 Å². The van der Waals surface area contributed by atoms with Crippen LogP contribution in [-0.2, 0) is 20.7 Å². The lowest BCUT2D eigenvalue weighted by molar-refractivity contribution is -0.154. The summed E-state index contributed by atoms with van der Waals surface area (Å²) in [4.78, 5) is 12.2. The van der Waals surface area contributed by atoms with Gasteiger partial charge in [-0.3, -0.25) is 4.79 Å². The van der Waals surface area contributed by atoms with Gasteiger partial charge < -0.3 is 24.1 Å². The first-order valence-electron chi connectivity index (χ1n) is 16.1. The SMILES string of the molecule is COc1ccc(C(SCCCCCCO)(c2ccc(OC)cc2)c2ccc(OC)c(CCCCCC(=O)OC(C)(C)C)c2)cc1. The molecule has 0 atom stereocenters. The molecule has 0 aliphatic rings. The Bertz CT molecular complexity index is 1250. The van der Waals surface area contributed by atoms with E-state index in [1.54, 1.807) is 21.3 Å². The molecule has 0 saturated heterocycles. The molecule has 0 amide bonds. The summed E-state index contributed by atoms with van der Waals surface area (Å²) in [5.74, 6) is 3.32. The highest BCUT2D eigenvalue weighted by molar-refractivity contribution is 8.00. The van der Waals surface area contributed by atoms with E-state index in [1.165, 1.54) is 16.7 Å². The van der Waals surface area contributed by atoms with E-state index in [0.29, 0.717) is 6.42 Å². The molecule has 0 fully saturated rings. The molecule has 0 spiro atoms. The zero-order valence-electron chi connectivity index (χ0n) is 28.0. The summed E-state index contributed by atoms with van der Waals surface area (Å²) in [6, 6.07) is 23.4. The van der Waals surface area contributed by atoms with Gasteiger partial charge in [-0.15, -0.1) is 11.8 Å². The van der Waals surface area contributed by atoms with Crippen LogP contribution < -0.4 is 14.2 Å². The van der Waals surface area contributed by atoms with Crippen LogP contribution in [0.15, 0.2) is 66.7 Å². The molecule has 0 heterocycles. The quantitative estimate of drug-likeness (QED) is 0.0801. The largest absolute Gasteiger partial charge is 0.497 e. The lowest BCUT2D eigenvalue weighted by Gasteiger charge is -2.36. The molecular weight excluding hydrogens is 584 g/mol. The Hall–Kier alpha value is -3.16. The predicted octanol–water partition coefficient (Wildman–Crippen LogP) is 8.73. The molecule has 0 aromatic heterocycles. The third-order valence-electron chi connectivity index (χ3n) is 7.80. The van der Waals surface area contributed by atoms with Crippen LogP contribution in [-0.4, -0.2) is 50.4 Å². The fourth-order valence-corrected chi connectivity index (χ4v) is 7.09. The van der Waals surface area contributed by atoms with Crippen molar-refractivity contribution in [2.75, 3.05) is 33.7 Å². The summed E-state index contributed by atoms with van der Waals surface area (Å²) in [6.45, 7) is 5.94. The number of thioether (sulfide) groups is 1. The highest BCUT2D eigenvalue weighted by Crippen LogP contribution is 2.50. The van der Waals surface area contributed by atoms with Gasteiger partial charge in [0.25, 0.3) is 0 Å². The molecule has 0 aliphatic carbocycles. The van der Waals surface area contributed by atoms with Crippen molar-refractivity contribution in [1.82, 2.24) is 0 Å². The van der Waals surface area contributed by atoms with E-state index in [2.05, 4.69) is 42.5 Å². The van der Waals surface area contributed by atoms with Crippen LogP contribution in [0.4, 0.5) is 0 Å². The number of benzene rings is 3. The van der Waals surface area contributed by atoms with E-state index in [0.717, 1.165) is 79.9 Å². The first kappa shape index (κ1) is 36.3. The molecule has 0 bridgehead atoms. The topological polar surface area (TPSA) is 74.2 Å². The Morgan fingerprint density at radius 3 is 1.78 bits per heavy atom. The van der Waals surface area contributed by atoms with Crippen molar-refractivity contribution >= 4 is 17.7 Å². The third-order valence-corrected chi connectivity index (χ3v) is 9.43. The standard InChI is InChI=1S/C38H52O6S/c1-37(2,3)44-36(40)15-11-9-10-14-29-28-32(20-25-35(29)43-6)38(45-27-13-8-7-12-26-39,30-16-21-33(41-4)22-17-30)31-18-23-34(42-5)24-19-31/h16-25,28,39H,7-15,26-27H2,1-6H3. The fraction of sp³-hybridized carbons (Fsp3) is 0.500. The lowest BCUT2D eigenvalue weighted by Crippen LogP contribution is -2.26. The maximum absolute atomic E-state index is 12.2. The van der Waals surface area contributed by atoms with E-state index >= 15 is 0 Å². The summed E-state index contributed by atoms with van der Waals surface area (Å²) >= 11 is 1.94. The van der Waals surface area contributed by atoms with Crippen molar-refractivity contribution in [2.45, 2.75) is 88.9 Å². The van der Waals surface area contributed by atoms with Crippen molar-refractivity contribution in [3.63, 3.8) is 0 Å². The molecule has 1 N–H and O–H groups in total. The van der Waals surface area contributed by atoms with Crippen molar-refractivity contribution in [2.24, 2.45) is 0 Å². The number of unbranched alkanes of at least 4 members (excludes halogenated alkanes) is 5. The number of hydrogen-bond acceptors (Lipinski definition) is 7. The number of ether oxygens (including phenoxy) is 4. The van der Waals surface area contributed by atoms with E-state index in [4.69, 9.17) is 18.9 Å². The second kappa shape index (κ2) is 18.1. The summed E-state index contributed by atoms with van der Waals surface area (Å²) < 4.78 is 21.9. The van der Waals surface area contributed by atoms with Crippen LogP contribution in [0.1, 0.15) is 94.4 Å². The molecule has 0 radical (unpaired) electrons. The Morgan fingerprint density at radius 2 is 1.24 bits per heavy atom. The molecule has 45 heavy (non-hydrogen) atoms. The van der Waals surface area contributed by atoms with Crippen LogP contribution in [0.25, 0.3) is 0 Å². The number of aryl methyl sites for hydroxylation is 1. The number of carbonyl (C=O) groups excluding carboxylic acids is 1. The van der Waals surface area contributed by atoms with E-state index < -0.39 is 10.3 Å². The highest BCUT2D eigenvalue weighted by atomic mass is 32.2. The van der Waals surface area contributed by atoms with Crippen LogP contribution in [0.3, 0.4) is 0 Å². The van der Waals surface area contributed by atoms with Gasteiger partial charge >= 0.3 is 5.97 Å². The van der Waals surface area contributed by atoms with E-state index in [-0.39, 0.29) is 12.6 Å². The second-order valence-electron chi connectivity index (χ2n) is 12.3. The summed E-state index contributed by atoms with van der Waals surface area (Å²) in [7, 11) is 5.11. The molecular formula is C38H52O6S. The molecule has 0 unspecified atom stereocenters. The number of hydrogen-bond donors (Lipinski definition) is 1. The maximum atomic E-state index is 12.2. The van der Waals surface area contributed by atoms with Gasteiger partial charge in [0, 0.05) is 13.0 Å².